The highest BCUT2D eigenvalue weighted by molar-refractivity contribution is 6.11. The fourth-order valence-electron chi connectivity index (χ4n) is 16.2. The Bertz CT molecular complexity index is 5940. The van der Waals surface area contributed by atoms with E-state index in [1.54, 1.807) is 0 Å². The number of allylic oxidation sites excluding steroid dienone is 6. The molecule has 0 fully saturated rings. The predicted molar refractivity (Wildman–Crippen MR) is 436 cm³/mol. The van der Waals surface area contributed by atoms with Gasteiger partial charge in [0.25, 0.3) is 0 Å². The molecule has 14 aromatic carbocycles. The van der Waals surface area contributed by atoms with Crippen molar-refractivity contribution in [2.45, 2.75) is 40.5 Å². The van der Waals surface area contributed by atoms with Crippen molar-refractivity contribution in [1.29, 1.82) is 0 Å². The van der Waals surface area contributed by atoms with Crippen molar-refractivity contribution in [1.82, 2.24) is 14.1 Å². The van der Waals surface area contributed by atoms with Crippen LogP contribution in [-0.2, 0) is 6.42 Å². The van der Waals surface area contributed by atoms with Crippen molar-refractivity contribution >= 4 is 133 Å². The molecule has 102 heavy (non-hydrogen) atoms. The number of hydrogen-bond donors (Lipinski definition) is 0. The molecule has 3 heterocycles. The van der Waals surface area contributed by atoms with Crippen LogP contribution in [0.15, 0.2) is 334 Å². The molecule has 3 aromatic heterocycles. The van der Waals surface area contributed by atoms with Gasteiger partial charge in [0.1, 0.15) is 0 Å². The molecule has 17 aromatic rings. The van der Waals surface area contributed by atoms with Gasteiger partial charge < -0.3 is 18.9 Å². The molecule has 0 unspecified atom stereocenters. The van der Waals surface area contributed by atoms with Crippen LogP contribution in [0.3, 0.4) is 0 Å². The Balaban J connectivity index is 0.742. The third kappa shape index (κ3) is 10.9. The Hall–Kier alpha value is -12.8. The second-order valence-electron chi connectivity index (χ2n) is 27.3. The third-order valence-corrected chi connectivity index (χ3v) is 21.0. The summed E-state index contributed by atoms with van der Waals surface area (Å²) in [6.45, 7) is 13.7. The molecule has 1 aliphatic carbocycles. The van der Waals surface area contributed by atoms with Gasteiger partial charge in [-0.05, 0) is 231 Å². The molecule has 1 aliphatic rings. The highest BCUT2D eigenvalue weighted by atomic mass is 15.2. The molecule has 0 spiro atoms. The van der Waals surface area contributed by atoms with Gasteiger partial charge in [-0.2, -0.15) is 0 Å². The van der Waals surface area contributed by atoms with Gasteiger partial charge in [0, 0.05) is 89.9 Å². The number of anilines is 6. The highest BCUT2D eigenvalue weighted by Crippen LogP contribution is 2.47. The lowest BCUT2D eigenvalue weighted by Gasteiger charge is -2.31. The monoisotopic (exact) mass is 1310 g/mol. The Morgan fingerprint density at radius 3 is 1.23 bits per heavy atom. The Kier molecular flexibility index (Phi) is 15.4. The van der Waals surface area contributed by atoms with Gasteiger partial charge in [0.2, 0.25) is 0 Å². The first kappa shape index (κ1) is 61.5. The lowest BCUT2D eigenvalue weighted by Crippen LogP contribution is -2.14. The first-order valence-electron chi connectivity index (χ1n) is 35.4. The molecular formula is C97H73N5. The van der Waals surface area contributed by atoms with E-state index < -0.39 is 0 Å². The van der Waals surface area contributed by atoms with Crippen molar-refractivity contribution in [2.75, 3.05) is 9.80 Å². The summed E-state index contributed by atoms with van der Waals surface area (Å²) in [4.78, 5) is 10.2. The summed E-state index contributed by atoms with van der Waals surface area (Å²) in [5.41, 5.74) is 26.6. The maximum atomic E-state index is 5.34. The van der Waals surface area contributed by atoms with E-state index in [-0.39, 0.29) is 0 Å². The summed E-state index contributed by atoms with van der Waals surface area (Å²) in [5.74, 6) is 0. The zero-order valence-corrected chi connectivity index (χ0v) is 57.6. The number of aryl methyl sites for hydroxylation is 3. The standard InChI is InChI=1S/C97H73N5/c1-63(54-85(102-94-36-20-16-32-90(94)91-33-17-21-37-95(91)102)55-64(2)99-92-34-18-14-30-88(92)89-31-15-19-35-93(89)99)68-38-42-74(43-39-68)96-65(3)97(67(5)98-66(96)4)75-44-40-73(41-45-75)80-60-86(100(81-50-46-69-22-6-10-26-76(69)56-81)82-51-47-70-23-7-11-27-77(70)57-82)62-87(61-80)101(83-52-48-71-24-8-12-28-78(71)58-83)84-53-49-72-25-9-13-29-79(72)59-84/h6-14,16-30,32-62H,2,15,31H2,1,3-5H3/b63-54+,85-55+. The van der Waals surface area contributed by atoms with E-state index in [2.05, 4.69) is 380 Å². The summed E-state index contributed by atoms with van der Waals surface area (Å²) in [6, 6.07) is 114. The number of benzene rings is 14. The number of para-hydroxylation sites is 3. The molecule has 0 radical (unpaired) electrons. The van der Waals surface area contributed by atoms with Crippen molar-refractivity contribution in [2.24, 2.45) is 0 Å². The molecule has 18 rings (SSSR count). The molecular weight excluding hydrogens is 1240 g/mol. The number of rotatable bonds is 14. The SMILES string of the molecule is C=C(/C=C(\C=C(/C)c1ccc(-c2c(C)nc(C)c(-c3ccc(-c4cc(N(c5ccc6ccccc6c5)c5ccc6ccccc6c5)cc(N(c5ccc6ccccc6c5)c5ccc6ccccc6c5)c4)cc3)c2C)cc1)n1c2ccccc2c2ccccc21)n1c2c(c3ccccc31)CCC=C2. The Labute approximate surface area is 595 Å². The number of hydrogen-bond acceptors (Lipinski definition) is 3. The van der Waals surface area contributed by atoms with Gasteiger partial charge >= 0.3 is 0 Å². The molecule has 0 bridgehead atoms. The highest BCUT2D eigenvalue weighted by Gasteiger charge is 2.24. The van der Waals surface area contributed by atoms with Gasteiger partial charge in [0.05, 0.1) is 16.6 Å². The normalized spacial score (nSPS) is 12.5. The lowest BCUT2D eigenvalue weighted by molar-refractivity contribution is 0.975. The third-order valence-electron chi connectivity index (χ3n) is 21.0. The molecule has 0 aliphatic heterocycles. The molecule has 5 nitrogen and oxygen atoms in total. The van der Waals surface area contributed by atoms with Crippen molar-refractivity contribution in [3.8, 4) is 33.4 Å². The van der Waals surface area contributed by atoms with Crippen LogP contribution in [0, 0.1) is 20.8 Å². The molecule has 0 atom stereocenters. The van der Waals surface area contributed by atoms with Gasteiger partial charge in [-0.1, -0.05) is 237 Å². The second-order valence-corrected chi connectivity index (χ2v) is 27.3. The zero-order chi connectivity index (χ0) is 68.5. The zero-order valence-electron chi connectivity index (χ0n) is 57.6. The minimum Gasteiger partial charge on any atom is -0.310 e. The minimum atomic E-state index is 0.913. The van der Waals surface area contributed by atoms with Gasteiger partial charge in [-0.15, -0.1) is 0 Å². The summed E-state index contributed by atoms with van der Waals surface area (Å²) in [6.07, 6.45) is 11.2. The van der Waals surface area contributed by atoms with E-state index in [9.17, 15) is 0 Å². The molecule has 0 amide bonds. The van der Waals surface area contributed by atoms with E-state index in [0.717, 1.165) is 125 Å². The fraction of sp³-hybridized carbons (Fsp3) is 0.0619. The van der Waals surface area contributed by atoms with E-state index in [4.69, 9.17) is 11.6 Å². The number of aromatic nitrogens is 3. The average molecular weight is 1310 g/mol. The number of nitrogens with zero attached hydrogens (tertiary/aromatic N) is 5. The Morgan fingerprint density at radius 2 is 0.765 bits per heavy atom. The largest absolute Gasteiger partial charge is 0.310 e. The van der Waals surface area contributed by atoms with E-state index in [1.165, 1.54) is 81.6 Å². The fourth-order valence-corrected chi connectivity index (χ4v) is 16.2. The minimum absolute atomic E-state index is 0.913. The molecule has 0 N–H and O–H groups in total. The quantitative estimate of drug-likeness (QED) is 0.102. The van der Waals surface area contributed by atoms with Crippen LogP contribution in [0.25, 0.3) is 132 Å². The lowest BCUT2D eigenvalue weighted by atomic mass is 9.89. The predicted octanol–water partition coefficient (Wildman–Crippen LogP) is 26.7. The summed E-state index contributed by atoms with van der Waals surface area (Å²) in [7, 11) is 0. The van der Waals surface area contributed by atoms with Crippen LogP contribution in [0.4, 0.5) is 34.1 Å². The maximum absolute atomic E-state index is 5.34. The average Bonchev–Trinajstić information content (AvgIpc) is 1.52. The van der Waals surface area contributed by atoms with Crippen molar-refractivity contribution in [3.63, 3.8) is 0 Å². The number of pyridine rings is 1. The molecule has 0 saturated carbocycles. The van der Waals surface area contributed by atoms with Crippen molar-refractivity contribution < 1.29 is 0 Å². The first-order chi connectivity index (χ1) is 50.1. The van der Waals surface area contributed by atoms with Gasteiger partial charge in [-0.25, -0.2) is 0 Å². The first-order valence-corrected chi connectivity index (χ1v) is 35.4. The van der Waals surface area contributed by atoms with Crippen LogP contribution in [0.2, 0.25) is 0 Å². The summed E-state index contributed by atoms with van der Waals surface area (Å²) in [5, 5.41) is 13.2. The molecule has 486 valence electrons. The molecule has 0 saturated heterocycles. The van der Waals surface area contributed by atoms with E-state index in [1.807, 2.05) is 0 Å². The second kappa shape index (κ2) is 25.5. The van der Waals surface area contributed by atoms with Gasteiger partial charge in [-0.3, -0.25) is 4.98 Å². The van der Waals surface area contributed by atoms with E-state index >= 15 is 0 Å². The van der Waals surface area contributed by atoms with Crippen molar-refractivity contribution in [3.05, 3.63) is 368 Å². The maximum Gasteiger partial charge on any atom is 0.0541 e. The smallest absolute Gasteiger partial charge is 0.0541 e. The van der Waals surface area contributed by atoms with Crippen LogP contribution >= 0.6 is 0 Å². The topological polar surface area (TPSA) is 29.2 Å². The summed E-state index contributed by atoms with van der Waals surface area (Å²) < 4.78 is 4.77. The van der Waals surface area contributed by atoms with E-state index in [0.29, 0.717) is 0 Å². The van der Waals surface area contributed by atoms with Gasteiger partial charge in [0.15, 0.2) is 0 Å². The van der Waals surface area contributed by atoms with Crippen LogP contribution in [0.1, 0.15) is 47.1 Å². The number of fused-ring (bicyclic) bond motifs is 10. The van der Waals surface area contributed by atoms with Crippen LogP contribution < -0.4 is 9.80 Å². The molecule has 5 heteroatoms. The van der Waals surface area contributed by atoms with Crippen LogP contribution in [-0.4, -0.2) is 14.1 Å². The Morgan fingerprint density at radius 1 is 0.373 bits per heavy atom. The summed E-state index contributed by atoms with van der Waals surface area (Å²) >= 11 is 0. The van der Waals surface area contributed by atoms with Crippen LogP contribution in [0.5, 0.6) is 0 Å².